The molecular formula is C31H35NO. The largest absolute Gasteiger partial charge is 0.379 e. The first-order valence-corrected chi connectivity index (χ1v) is 12.8. The molecule has 1 aliphatic heterocycles. The maximum Gasteiger partial charge on any atom is 0.130 e. The third-order valence-electron chi connectivity index (χ3n) is 9.09. The van der Waals surface area contributed by atoms with Crippen LogP contribution in [0.1, 0.15) is 42.4 Å². The van der Waals surface area contributed by atoms with Crippen molar-refractivity contribution in [2.75, 3.05) is 13.1 Å². The van der Waals surface area contributed by atoms with Gasteiger partial charge in [0.15, 0.2) is 0 Å². The molecule has 3 atom stereocenters. The van der Waals surface area contributed by atoms with E-state index in [-0.39, 0.29) is 6.04 Å². The van der Waals surface area contributed by atoms with E-state index in [0.717, 1.165) is 54.3 Å². The molecule has 1 heterocycles. The topological polar surface area (TPSA) is 23.5 Å². The van der Waals surface area contributed by atoms with Crippen molar-refractivity contribution in [2.24, 2.45) is 23.7 Å². The number of aliphatic hydroxyl groups is 1. The van der Waals surface area contributed by atoms with Gasteiger partial charge in [0.05, 0.1) is 6.04 Å². The van der Waals surface area contributed by atoms with Gasteiger partial charge in [-0.15, -0.1) is 0 Å². The van der Waals surface area contributed by atoms with E-state index >= 15 is 0 Å². The Labute approximate surface area is 198 Å². The van der Waals surface area contributed by atoms with Gasteiger partial charge in [-0.05, 0) is 72.5 Å². The molecule has 4 fully saturated rings. The molecule has 2 unspecified atom stereocenters. The first-order chi connectivity index (χ1) is 16.2. The molecule has 1 N–H and O–H groups in total. The third-order valence-corrected chi connectivity index (χ3v) is 9.09. The minimum Gasteiger partial charge on any atom is -0.379 e. The number of likely N-dealkylation sites (tertiary alicyclic amines) is 1. The van der Waals surface area contributed by atoms with E-state index in [1.165, 1.54) is 31.2 Å². The fourth-order valence-electron chi connectivity index (χ4n) is 7.45. The number of fused-ring (bicyclic) bond motifs is 2. The Morgan fingerprint density at radius 2 is 1.09 bits per heavy atom. The molecule has 0 aromatic heterocycles. The summed E-state index contributed by atoms with van der Waals surface area (Å²) in [6.45, 7) is 2.26. The molecule has 1 saturated heterocycles. The van der Waals surface area contributed by atoms with Crippen molar-refractivity contribution >= 4 is 0 Å². The molecule has 0 radical (unpaired) electrons. The normalized spacial score (nSPS) is 27.9. The Kier molecular flexibility index (Phi) is 5.60. The van der Waals surface area contributed by atoms with Crippen LogP contribution in [0.15, 0.2) is 91.0 Å². The van der Waals surface area contributed by atoms with E-state index in [0.29, 0.717) is 0 Å². The molecule has 7 rings (SSSR count). The predicted octanol–water partition coefficient (Wildman–Crippen LogP) is 5.90. The van der Waals surface area contributed by atoms with E-state index in [4.69, 9.17) is 0 Å². The zero-order chi connectivity index (χ0) is 22.3. The molecule has 3 saturated carbocycles. The minimum atomic E-state index is -1.06. The molecule has 0 spiro atoms. The van der Waals surface area contributed by atoms with Crippen LogP contribution in [0.4, 0.5) is 0 Å². The molecule has 170 valence electrons. The van der Waals surface area contributed by atoms with Gasteiger partial charge >= 0.3 is 0 Å². The fourth-order valence-corrected chi connectivity index (χ4v) is 7.45. The minimum absolute atomic E-state index is 0.00491. The van der Waals surface area contributed by atoms with Gasteiger partial charge in [-0.25, -0.2) is 0 Å². The number of benzene rings is 3. The first-order valence-electron chi connectivity index (χ1n) is 12.8. The lowest BCUT2D eigenvalue weighted by Crippen LogP contribution is -2.52. The summed E-state index contributed by atoms with van der Waals surface area (Å²) < 4.78 is 0. The van der Waals surface area contributed by atoms with Crippen molar-refractivity contribution in [1.29, 1.82) is 0 Å². The highest BCUT2D eigenvalue weighted by molar-refractivity contribution is 5.39. The summed E-state index contributed by atoms with van der Waals surface area (Å²) in [4.78, 5) is 2.68. The SMILES string of the molecule is OC(c1ccccc1)(c1ccccc1)[C@H](Cc1ccccc1)N1CC2C3CCC(CC3)C2C1. The van der Waals surface area contributed by atoms with Gasteiger partial charge < -0.3 is 5.11 Å². The average molecular weight is 438 g/mol. The van der Waals surface area contributed by atoms with E-state index in [1.807, 2.05) is 12.1 Å². The smallest absolute Gasteiger partial charge is 0.130 e. The fraction of sp³-hybridized carbons (Fsp3) is 0.419. The lowest BCUT2D eigenvalue weighted by molar-refractivity contribution is -0.0154. The Balaban J connectivity index is 1.44. The summed E-state index contributed by atoms with van der Waals surface area (Å²) in [6.07, 6.45) is 6.53. The van der Waals surface area contributed by atoms with Crippen LogP contribution in [-0.4, -0.2) is 29.1 Å². The predicted molar refractivity (Wildman–Crippen MR) is 134 cm³/mol. The van der Waals surface area contributed by atoms with Gasteiger partial charge in [-0.2, -0.15) is 0 Å². The second-order valence-corrected chi connectivity index (χ2v) is 10.7. The van der Waals surface area contributed by atoms with Crippen LogP contribution < -0.4 is 0 Å². The van der Waals surface area contributed by atoms with Crippen LogP contribution >= 0.6 is 0 Å². The molecule has 3 aliphatic carbocycles. The van der Waals surface area contributed by atoms with Gasteiger partial charge in [0, 0.05) is 13.1 Å². The maximum absolute atomic E-state index is 12.8. The molecule has 4 aliphatic rings. The summed E-state index contributed by atoms with van der Waals surface area (Å²) in [5.41, 5.74) is 2.22. The Morgan fingerprint density at radius 3 is 1.55 bits per heavy atom. The van der Waals surface area contributed by atoms with Crippen LogP contribution in [-0.2, 0) is 12.0 Å². The van der Waals surface area contributed by atoms with Crippen molar-refractivity contribution in [3.8, 4) is 0 Å². The second kappa shape index (κ2) is 8.74. The Bertz CT molecular complexity index is 983. The van der Waals surface area contributed by atoms with Crippen LogP contribution in [0.3, 0.4) is 0 Å². The highest BCUT2D eigenvalue weighted by atomic mass is 16.3. The summed E-state index contributed by atoms with van der Waals surface area (Å²) in [6, 6.07) is 31.5. The molecule has 3 aromatic carbocycles. The number of nitrogens with zero attached hydrogens (tertiary/aromatic N) is 1. The maximum atomic E-state index is 12.8. The monoisotopic (exact) mass is 437 g/mol. The van der Waals surface area contributed by atoms with Crippen LogP contribution in [0.5, 0.6) is 0 Å². The quantitative estimate of drug-likeness (QED) is 0.519. The number of hydrogen-bond acceptors (Lipinski definition) is 2. The Hall–Kier alpha value is -2.42. The standard InChI is InChI=1S/C31H35NO/c33-31(26-12-6-2-7-13-26,27-14-8-3-9-15-27)30(20-23-10-4-1-5-11-23)32-21-28-24-16-17-25(19-18-24)29(28)22-32/h1-15,24-25,28-30,33H,16-22H2/t24?,25?,28?,29?,30-/m0/s1. The zero-order valence-corrected chi connectivity index (χ0v) is 19.4. The lowest BCUT2D eigenvalue weighted by Gasteiger charge is -2.45. The zero-order valence-electron chi connectivity index (χ0n) is 19.4. The van der Waals surface area contributed by atoms with Crippen LogP contribution in [0.25, 0.3) is 0 Å². The van der Waals surface area contributed by atoms with E-state index in [9.17, 15) is 5.11 Å². The molecule has 2 heteroatoms. The van der Waals surface area contributed by atoms with Crippen molar-refractivity contribution < 1.29 is 5.11 Å². The molecular weight excluding hydrogens is 402 g/mol. The third kappa shape index (κ3) is 3.74. The van der Waals surface area contributed by atoms with Crippen molar-refractivity contribution in [3.05, 3.63) is 108 Å². The molecule has 0 amide bonds. The average Bonchev–Trinajstić information content (AvgIpc) is 3.37. The number of rotatable bonds is 6. The van der Waals surface area contributed by atoms with E-state index < -0.39 is 5.60 Å². The van der Waals surface area contributed by atoms with E-state index in [2.05, 4.69) is 83.8 Å². The highest BCUT2D eigenvalue weighted by Crippen LogP contribution is 2.53. The van der Waals surface area contributed by atoms with Crippen molar-refractivity contribution in [1.82, 2.24) is 4.90 Å². The molecule has 2 bridgehead atoms. The van der Waals surface area contributed by atoms with Crippen LogP contribution in [0.2, 0.25) is 0 Å². The lowest BCUT2D eigenvalue weighted by atomic mass is 9.60. The van der Waals surface area contributed by atoms with Crippen molar-refractivity contribution in [2.45, 2.75) is 43.7 Å². The summed E-state index contributed by atoms with van der Waals surface area (Å²) >= 11 is 0. The van der Waals surface area contributed by atoms with Gasteiger partial charge in [0.25, 0.3) is 0 Å². The van der Waals surface area contributed by atoms with Crippen LogP contribution in [0, 0.1) is 23.7 Å². The van der Waals surface area contributed by atoms with Gasteiger partial charge in [0.1, 0.15) is 5.60 Å². The second-order valence-electron chi connectivity index (χ2n) is 10.7. The summed E-state index contributed by atoms with van der Waals surface area (Å²) in [5, 5.41) is 12.8. The molecule has 3 aromatic rings. The van der Waals surface area contributed by atoms with Gasteiger partial charge in [-0.3, -0.25) is 4.90 Å². The first kappa shape index (κ1) is 21.1. The molecule has 2 nitrogen and oxygen atoms in total. The van der Waals surface area contributed by atoms with Gasteiger partial charge in [-0.1, -0.05) is 91.0 Å². The number of hydrogen-bond donors (Lipinski definition) is 1. The van der Waals surface area contributed by atoms with E-state index in [1.54, 1.807) is 0 Å². The Morgan fingerprint density at radius 1 is 0.667 bits per heavy atom. The highest BCUT2D eigenvalue weighted by Gasteiger charge is 2.52. The summed E-state index contributed by atoms with van der Waals surface area (Å²) in [7, 11) is 0. The van der Waals surface area contributed by atoms with Gasteiger partial charge in [0.2, 0.25) is 0 Å². The molecule has 33 heavy (non-hydrogen) atoms. The van der Waals surface area contributed by atoms with Crippen molar-refractivity contribution in [3.63, 3.8) is 0 Å². The summed E-state index contributed by atoms with van der Waals surface area (Å²) in [5.74, 6) is 3.41.